The fourth-order valence-electron chi connectivity index (χ4n) is 7.58. The highest BCUT2D eigenvalue weighted by Gasteiger charge is 2.45. The highest BCUT2D eigenvalue weighted by atomic mass is 16.4. The zero-order valence-corrected chi connectivity index (χ0v) is 25.3. The minimum absolute atomic E-state index is 0.700. The van der Waals surface area contributed by atoms with Crippen molar-refractivity contribution in [2.24, 2.45) is 0 Å². The Bertz CT molecular complexity index is 2720. The van der Waals surface area contributed by atoms with Crippen molar-refractivity contribution in [2.75, 3.05) is 14.7 Å². The maximum absolute atomic E-state index is 7.01. The first-order valence-corrected chi connectivity index (χ1v) is 15.8. The molecule has 0 N–H and O–H groups in total. The number of hydrogen-bond acceptors (Lipinski definition) is 6. The van der Waals surface area contributed by atoms with E-state index in [-0.39, 0.29) is 0 Å². The molecule has 47 heavy (non-hydrogen) atoms. The minimum Gasteiger partial charge on any atom is -0.456 e. The molecule has 0 atom stereocenters. The van der Waals surface area contributed by atoms with Gasteiger partial charge < -0.3 is 23.1 Å². The fourth-order valence-corrected chi connectivity index (χ4v) is 7.58. The molecular formula is C41H25N3O3. The second kappa shape index (κ2) is 8.86. The lowest BCUT2D eigenvalue weighted by molar-refractivity contribution is 0.580. The van der Waals surface area contributed by atoms with E-state index in [0.29, 0.717) is 5.88 Å². The molecule has 0 saturated heterocycles. The van der Waals surface area contributed by atoms with Crippen LogP contribution in [0, 0.1) is 6.92 Å². The van der Waals surface area contributed by atoms with Gasteiger partial charge in [0.15, 0.2) is 0 Å². The van der Waals surface area contributed by atoms with Crippen molar-refractivity contribution >= 4 is 95.5 Å². The molecule has 0 amide bonds. The third kappa shape index (κ3) is 3.23. The van der Waals surface area contributed by atoms with Gasteiger partial charge in [0.1, 0.15) is 39.4 Å². The molecule has 0 unspecified atom stereocenters. The van der Waals surface area contributed by atoms with Crippen LogP contribution >= 0.6 is 0 Å². The lowest BCUT2D eigenvalue weighted by atomic mass is 9.99. The average Bonchev–Trinajstić information content (AvgIpc) is 3.79. The van der Waals surface area contributed by atoms with Crippen molar-refractivity contribution in [1.82, 2.24) is 0 Å². The third-order valence-corrected chi connectivity index (χ3v) is 9.50. The van der Waals surface area contributed by atoms with Gasteiger partial charge in [0, 0.05) is 27.5 Å². The van der Waals surface area contributed by atoms with Gasteiger partial charge in [0.25, 0.3) is 0 Å². The van der Waals surface area contributed by atoms with Crippen LogP contribution in [-0.2, 0) is 0 Å². The van der Waals surface area contributed by atoms with E-state index in [1.807, 2.05) is 30.3 Å². The quantitative estimate of drug-likeness (QED) is 0.195. The molecule has 0 spiro atoms. The van der Waals surface area contributed by atoms with E-state index < -0.39 is 0 Å². The molecule has 0 bridgehead atoms. The van der Waals surface area contributed by atoms with Crippen LogP contribution < -0.4 is 14.7 Å². The van der Waals surface area contributed by atoms with Gasteiger partial charge in [-0.25, -0.2) is 4.90 Å². The summed E-state index contributed by atoms with van der Waals surface area (Å²) in [7, 11) is 0. The number of benzene rings is 6. The highest BCUT2D eigenvalue weighted by Crippen LogP contribution is 2.66. The molecular weight excluding hydrogens is 582 g/mol. The van der Waals surface area contributed by atoms with Gasteiger partial charge >= 0.3 is 0 Å². The second-order valence-corrected chi connectivity index (χ2v) is 12.3. The molecule has 5 heterocycles. The lowest BCUT2D eigenvalue weighted by Crippen LogP contribution is -2.29. The van der Waals surface area contributed by atoms with E-state index in [1.165, 1.54) is 0 Å². The van der Waals surface area contributed by atoms with E-state index in [0.717, 1.165) is 95.1 Å². The second-order valence-electron chi connectivity index (χ2n) is 12.3. The fraction of sp³-hybridized carbons (Fsp3) is 0.0244. The summed E-state index contributed by atoms with van der Waals surface area (Å²) in [5.41, 5.74) is 11.5. The van der Waals surface area contributed by atoms with Crippen LogP contribution in [-0.4, -0.2) is 0 Å². The normalized spacial score (nSPS) is 13.5. The zero-order chi connectivity index (χ0) is 30.8. The number of fused-ring (bicyclic) bond motifs is 11. The predicted octanol–water partition coefficient (Wildman–Crippen LogP) is 12.4. The summed E-state index contributed by atoms with van der Waals surface area (Å²) in [6.45, 7) is 2.16. The van der Waals surface area contributed by atoms with Gasteiger partial charge in [-0.2, -0.15) is 0 Å². The van der Waals surface area contributed by atoms with E-state index >= 15 is 0 Å². The Hall–Kier alpha value is -6.40. The van der Waals surface area contributed by atoms with Crippen molar-refractivity contribution in [3.63, 3.8) is 0 Å². The van der Waals surface area contributed by atoms with Crippen LogP contribution in [0.5, 0.6) is 0 Å². The average molecular weight is 608 g/mol. The highest BCUT2D eigenvalue weighted by molar-refractivity contribution is 6.20. The van der Waals surface area contributed by atoms with Crippen LogP contribution in [0.25, 0.3) is 43.9 Å². The van der Waals surface area contributed by atoms with Gasteiger partial charge in [-0.3, -0.25) is 0 Å². The van der Waals surface area contributed by atoms with Gasteiger partial charge in [-0.1, -0.05) is 66.7 Å². The maximum Gasteiger partial charge on any atom is 0.232 e. The van der Waals surface area contributed by atoms with Gasteiger partial charge in [-0.15, -0.1) is 0 Å². The molecule has 0 fully saturated rings. The van der Waals surface area contributed by atoms with Crippen molar-refractivity contribution in [1.29, 1.82) is 0 Å². The van der Waals surface area contributed by atoms with Crippen LogP contribution in [0.1, 0.15) is 5.56 Å². The van der Waals surface area contributed by atoms with Crippen LogP contribution in [0.2, 0.25) is 0 Å². The van der Waals surface area contributed by atoms with Gasteiger partial charge in [0.2, 0.25) is 11.8 Å². The smallest absolute Gasteiger partial charge is 0.232 e. The molecule has 9 aromatic rings. The Morgan fingerprint density at radius 1 is 0.383 bits per heavy atom. The number of furan rings is 3. The Labute approximate surface area is 268 Å². The number of hydrogen-bond donors (Lipinski definition) is 0. The molecule has 0 saturated carbocycles. The molecule has 0 radical (unpaired) electrons. The number of rotatable bonds is 2. The topological polar surface area (TPSA) is 49.1 Å². The summed E-state index contributed by atoms with van der Waals surface area (Å²) in [5.74, 6) is 1.42. The summed E-state index contributed by atoms with van der Waals surface area (Å²) in [4.78, 5) is 6.85. The number of nitrogens with zero attached hydrogens (tertiary/aromatic N) is 3. The van der Waals surface area contributed by atoms with Gasteiger partial charge in [0.05, 0.1) is 16.8 Å². The third-order valence-electron chi connectivity index (χ3n) is 9.50. The molecule has 2 aliphatic rings. The first-order chi connectivity index (χ1) is 23.2. The van der Waals surface area contributed by atoms with E-state index in [4.69, 9.17) is 13.3 Å². The molecule has 6 nitrogen and oxygen atoms in total. The largest absolute Gasteiger partial charge is 0.456 e. The summed E-state index contributed by atoms with van der Waals surface area (Å²) in [5, 5.41) is 4.09. The first kappa shape index (κ1) is 24.9. The Morgan fingerprint density at radius 2 is 0.872 bits per heavy atom. The number of para-hydroxylation sites is 4. The molecule has 3 aromatic heterocycles. The van der Waals surface area contributed by atoms with Crippen LogP contribution in [0.15, 0.2) is 147 Å². The molecule has 6 aromatic carbocycles. The Morgan fingerprint density at radius 3 is 1.53 bits per heavy atom. The number of aryl methyl sites for hydroxylation is 1. The summed E-state index contributed by atoms with van der Waals surface area (Å²) >= 11 is 0. The van der Waals surface area contributed by atoms with Crippen molar-refractivity contribution in [2.45, 2.75) is 6.92 Å². The predicted molar refractivity (Wildman–Crippen MR) is 189 cm³/mol. The van der Waals surface area contributed by atoms with E-state index in [1.54, 1.807) is 0 Å². The molecule has 222 valence electrons. The van der Waals surface area contributed by atoms with Gasteiger partial charge in [-0.05, 0) is 79.2 Å². The standard InChI is InChI=1S/C41H25N3O3/c1-24-20-31-39-32(21-24)43(26-14-6-3-7-15-26)38-30-23-35-29(27-16-8-10-18-33(27)45-35)22-36(30)47-41(38)44(39)40-37(28-17-9-11-19-34(28)46-40)42(31)25-12-4-2-5-13-25/h2-23H,1H3. The summed E-state index contributed by atoms with van der Waals surface area (Å²) in [6, 6.07) is 46.2. The van der Waals surface area contributed by atoms with Crippen molar-refractivity contribution in [3.8, 4) is 0 Å². The minimum atomic E-state index is 0.700. The van der Waals surface area contributed by atoms with Crippen LogP contribution in [0.4, 0.5) is 51.6 Å². The zero-order valence-electron chi connectivity index (χ0n) is 25.3. The Kier molecular flexibility index (Phi) is 4.69. The molecule has 0 aliphatic carbocycles. The van der Waals surface area contributed by atoms with E-state index in [9.17, 15) is 0 Å². The molecule has 2 aliphatic heterocycles. The SMILES string of the molecule is Cc1cc2c3c(c1)N(c1ccccc1)c1c(oc4cc5c(cc14)oc1ccccc15)N3c1oc3ccccc3c1N2c1ccccc1. The Balaban J connectivity index is 1.30. The number of anilines is 9. The summed E-state index contributed by atoms with van der Waals surface area (Å²) in [6.07, 6.45) is 0. The van der Waals surface area contributed by atoms with Crippen molar-refractivity contribution in [3.05, 3.63) is 139 Å². The van der Waals surface area contributed by atoms with Crippen LogP contribution in [0.3, 0.4) is 0 Å². The monoisotopic (exact) mass is 607 g/mol. The lowest BCUT2D eigenvalue weighted by Gasteiger charge is -2.43. The van der Waals surface area contributed by atoms with E-state index in [2.05, 4.69) is 125 Å². The maximum atomic E-state index is 7.01. The molecule has 11 rings (SSSR count). The molecule has 6 heteroatoms. The summed E-state index contributed by atoms with van der Waals surface area (Å²) < 4.78 is 20.2. The van der Waals surface area contributed by atoms with Crippen molar-refractivity contribution < 1.29 is 13.3 Å². The first-order valence-electron chi connectivity index (χ1n) is 15.8.